The first-order valence-corrected chi connectivity index (χ1v) is 14.8. The molecule has 0 amide bonds. The first-order valence-electron chi connectivity index (χ1n) is 11.6. The monoisotopic (exact) mass is 528 g/mol. The van der Waals surface area contributed by atoms with Gasteiger partial charge >= 0.3 is 0 Å². The van der Waals surface area contributed by atoms with E-state index < -0.39 is 17.2 Å². The summed E-state index contributed by atoms with van der Waals surface area (Å²) in [6.07, 6.45) is 0. The van der Waals surface area contributed by atoms with Crippen molar-refractivity contribution in [2.24, 2.45) is 0 Å². The van der Waals surface area contributed by atoms with Crippen LogP contribution < -0.4 is 20.9 Å². The maximum absolute atomic E-state index is 15.2. The van der Waals surface area contributed by atoms with Gasteiger partial charge in [-0.2, -0.15) is 8.42 Å². The van der Waals surface area contributed by atoms with Crippen molar-refractivity contribution in [1.82, 2.24) is 14.4 Å². The van der Waals surface area contributed by atoms with Gasteiger partial charge in [-0.3, -0.25) is 0 Å². The van der Waals surface area contributed by atoms with E-state index >= 15 is 4.57 Å². The molecule has 0 radical (unpaired) electrons. The van der Waals surface area contributed by atoms with Crippen molar-refractivity contribution in [2.75, 3.05) is 11.9 Å². The lowest BCUT2D eigenvalue weighted by atomic mass is 10.2. The van der Waals surface area contributed by atoms with E-state index in [9.17, 15) is 8.42 Å². The lowest BCUT2D eigenvalue weighted by Gasteiger charge is -2.24. The Hall–Kier alpha value is -4.00. The zero-order valence-corrected chi connectivity index (χ0v) is 22.0. The molecule has 0 unspecified atom stereocenters. The highest BCUT2D eigenvalue weighted by Crippen LogP contribution is 2.45. The largest absolute Gasteiger partial charge is 0.327 e. The number of anilines is 2. The molecular weight excluding hydrogens is 503 g/mol. The van der Waals surface area contributed by atoms with Gasteiger partial charge in [0.15, 0.2) is 18.4 Å². The maximum atomic E-state index is 15.2. The molecule has 37 heavy (non-hydrogen) atoms. The van der Waals surface area contributed by atoms with Crippen molar-refractivity contribution in [1.29, 1.82) is 0 Å². The second-order valence-corrected chi connectivity index (χ2v) is 13.0. The van der Waals surface area contributed by atoms with Gasteiger partial charge in [-0.1, -0.05) is 96.6 Å². The molecule has 0 aliphatic carbocycles. The van der Waals surface area contributed by atoms with Gasteiger partial charge in [-0.15, -0.1) is 9.19 Å². The summed E-state index contributed by atoms with van der Waals surface area (Å²) in [5.74, 6) is 0.114. The molecule has 0 bridgehead atoms. The average molecular weight is 529 g/mol. The van der Waals surface area contributed by atoms with Crippen molar-refractivity contribution in [3.63, 3.8) is 0 Å². The Balaban J connectivity index is 1.83. The van der Waals surface area contributed by atoms with E-state index in [-0.39, 0.29) is 16.1 Å². The molecule has 4 aromatic carbocycles. The predicted octanol–water partition coefficient (Wildman–Crippen LogP) is 4.23. The Morgan fingerprint density at radius 1 is 0.730 bits per heavy atom. The normalized spacial score (nSPS) is 11.8. The van der Waals surface area contributed by atoms with E-state index in [1.165, 1.54) is 12.1 Å². The molecule has 0 saturated carbocycles. The molecule has 0 N–H and O–H groups in total. The number of para-hydroxylation sites is 1. The Morgan fingerprint density at radius 2 is 1.22 bits per heavy atom. The van der Waals surface area contributed by atoms with Crippen molar-refractivity contribution in [2.45, 2.75) is 11.8 Å². The summed E-state index contributed by atoms with van der Waals surface area (Å²) in [5.41, 5.74) is 1.71. The predicted molar refractivity (Wildman–Crippen MR) is 148 cm³/mol. The first-order chi connectivity index (χ1) is 17.8. The SMILES string of the molecule is Cc1ccc(S(=O)(=O)n2nnc(P(=O)(c3ccccc3)c3ccccc3)c2N(C)c2ccccc2)cc1. The second-order valence-electron chi connectivity index (χ2n) is 8.57. The number of benzene rings is 4. The van der Waals surface area contributed by atoms with Crippen LogP contribution in [0.5, 0.6) is 0 Å². The number of rotatable bonds is 7. The molecule has 0 spiro atoms. The Bertz CT molecular complexity index is 1630. The van der Waals surface area contributed by atoms with Crippen LogP contribution in [-0.2, 0) is 14.6 Å². The van der Waals surface area contributed by atoms with Crippen molar-refractivity contribution < 1.29 is 13.0 Å². The summed E-state index contributed by atoms with van der Waals surface area (Å²) in [6.45, 7) is 1.88. The van der Waals surface area contributed by atoms with E-state index in [4.69, 9.17) is 0 Å². The van der Waals surface area contributed by atoms with E-state index in [2.05, 4.69) is 10.3 Å². The quantitative estimate of drug-likeness (QED) is 0.294. The van der Waals surface area contributed by atoms with Crippen molar-refractivity contribution >= 4 is 44.7 Å². The van der Waals surface area contributed by atoms with Crippen LogP contribution in [0.1, 0.15) is 5.56 Å². The topological polar surface area (TPSA) is 85.2 Å². The van der Waals surface area contributed by atoms with E-state index in [0.29, 0.717) is 16.3 Å². The molecule has 9 heteroatoms. The Morgan fingerprint density at radius 3 is 1.73 bits per heavy atom. The van der Waals surface area contributed by atoms with Crippen molar-refractivity contribution in [3.8, 4) is 0 Å². The molecule has 0 saturated heterocycles. The highest BCUT2D eigenvalue weighted by molar-refractivity contribution is 7.90. The third-order valence-electron chi connectivity index (χ3n) is 6.15. The van der Waals surface area contributed by atoms with Crippen LogP contribution in [0.4, 0.5) is 11.5 Å². The van der Waals surface area contributed by atoms with Crippen LogP contribution in [-0.4, -0.2) is 29.9 Å². The fourth-order valence-electron chi connectivity index (χ4n) is 4.15. The molecule has 0 aliphatic heterocycles. The number of hydrogen-bond acceptors (Lipinski definition) is 6. The van der Waals surface area contributed by atoms with Crippen molar-refractivity contribution in [3.05, 3.63) is 121 Å². The smallest absolute Gasteiger partial charge is 0.286 e. The van der Waals surface area contributed by atoms with Gasteiger partial charge in [0.2, 0.25) is 0 Å². The minimum Gasteiger partial charge on any atom is -0.327 e. The summed E-state index contributed by atoms with van der Waals surface area (Å²) in [4.78, 5) is 1.73. The molecule has 7 nitrogen and oxygen atoms in total. The first kappa shape index (κ1) is 24.7. The zero-order valence-electron chi connectivity index (χ0n) is 20.3. The van der Waals surface area contributed by atoms with Gasteiger partial charge in [-0.05, 0) is 36.4 Å². The lowest BCUT2D eigenvalue weighted by Crippen LogP contribution is -2.31. The second kappa shape index (κ2) is 9.81. The molecule has 5 aromatic rings. The molecular formula is C28H25N4O3PS. The molecule has 1 heterocycles. The van der Waals surface area contributed by atoms with Crippen LogP contribution in [0.2, 0.25) is 0 Å². The molecule has 186 valence electrons. The summed E-state index contributed by atoms with van der Waals surface area (Å²) >= 11 is 0. The zero-order chi connectivity index (χ0) is 26.0. The van der Waals surface area contributed by atoms with E-state index in [0.717, 1.165) is 9.65 Å². The maximum Gasteiger partial charge on any atom is 0.286 e. The van der Waals surface area contributed by atoms with Gasteiger partial charge in [-0.25, -0.2) is 0 Å². The van der Waals surface area contributed by atoms with Gasteiger partial charge in [0.1, 0.15) is 0 Å². The summed E-state index contributed by atoms with van der Waals surface area (Å²) in [7, 11) is -6.08. The summed E-state index contributed by atoms with van der Waals surface area (Å²) in [5, 5.41) is 9.50. The van der Waals surface area contributed by atoms with Gasteiger partial charge in [0.25, 0.3) is 10.0 Å². The van der Waals surface area contributed by atoms with E-state index in [1.54, 1.807) is 72.6 Å². The summed E-state index contributed by atoms with van der Waals surface area (Å²) in [6, 6.07) is 33.8. The minimum atomic E-state index is -4.16. The minimum absolute atomic E-state index is 0.0616. The van der Waals surface area contributed by atoms with Crippen LogP contribution >= 0.6 is 7.14 Å². The standard InChI is InChI=1S/C28H25N4O3PS/c1-22-18-20-26(21-19-22)37(34,35)32-28(31(2)23-12-6-3-7-13-23)27(29-30-32)36(33,24-14-8-4-9-15-24)25-16-10-5-11-17-25/h3-21H,1-2H3. The van der Waals surface area contributed by atoms with Crippen LogP contribution in [0.3, 0.4) is 0 Å². The Kier molecular flexibility index (Phi) is 6.54. The van der Waals surface area contributed by atoms with Gasteiger partial charge in [0, 0.05) is 23.3 Å². The number of aromatic nitrogens is 3. The molecule has 1 aromatic heterocycles. The van der Waals surface area contributed by atoms with Crippen LogP contribution in [0.25, 0.3) is 0 Å². The number of hydrogen-bond donors (Lipinski definition) is 0. The lowest BCUT2D eigenvalue weighted by molar-refractivity contribution is 0.577. The van der Waals surface area contributed by atoms with Crippen LogP contribution in [0.15, 0.2) is 120 Å². The number of aryl methyl sites for hydroxylation is 1. The molecule has 0 atom stereocenters. The average Bonchev–Trinajstić information content (AvgIpc) is 3.41. The molecule has 0 aliphatic rings. The highest BCUT2D eigenvalue weighted by Gasteiger charge is 2.40. The van der Waals surface area contributed by atoms with Gasteiger partial charge in [0.05, 0.1) is 4.90 Å². The molecule has 0 fully saturated rings. The Labute approximate surface area is 216 Å². The third kappa shape index (κ3) is 4.39. The molecule has 5 rings (SSSR count). The number of nitrogens with zero attached hydrogens (tertiary/aromatic N) is 4. The fourth-order valence-corrected chi connectivity index (χ4v) is 8.13. The highest BCUT2D eigenvalue weighted by atomic mass is 32.2. The third-order valence-corrected chi connectivity index (χ3v) is 10.7. The van der Waals surface area contributed by atoms with Gasteiger partial charge < -0.3 is 9.46 Å². The van der Waals surface area contributed by atoms with E-state index in [1.807, 2.05) is 49.4 Å². The summed E-state index contributed by atoms with van der Waals surface area (Å²) < 4.78 is 43.8. The fraction of sp³-hybridized carbons (Fsp3) is 0.0714. The van der Waals surface area contributed by atoms with Crippen LogP contribution in [0, 0.1) is 6.92 Å².